The predicted molar refractivity (Wildman–Crippen MR) is 85.8 cm³/mol. The number of hydrogen-bond donors (Lipinski definition) is 2. The van der Waals surface area contributed by atoms with Crippen molar-refractivity contribution < 1.29 is 0 Å². The van der Waals surface area contributed by atoms with Crippen molar-refractivity contribution in [2.45, 2.75) is 25.9 Å². The fourth-order valence-corrected chi connectivity index (χ4v) is 3.28. The number of aryl methyl sites for hydroxylation is 1. The van der Waals surface area contributed by atoms with Gasteiger partial charge in [0.05, 0.1) is 22.4 Å². The highest BCUT2D eigenvalue weighted by Gasteiger charge is 2.24. The number of aromatic nitrogens is 2. The SMILES string of the molecule is CCCn1ncc(Br)c1C(NN)c1c(Cl)cccc1Cl. The van der Waals surface area contributed by atoms with Crippen LogP contribution in [-0.4, -0.2) is 9.78 Å². The van der Waals surface area contributed by atoms with Gasteiger partial charge < -0.3 is 0 Å². The van der Waals surface area contributed by atoms with Gasteiger partial charge in [0, 0.05) is 22.2 Å². The van der Waals surface area contributed by atoms with Crippen LogP contribution in [0.1, 0.15) is 30.6 Å². The van der Waals surface area contributed by atoms with Crippen molar-refractivity contribution >= 4 is 39.1 Å². The second-order valence-corrected chi connectivity index (χ2v) is 6.00. The summed E-state index contributed by atoms with van der Waals surface area (Å²) in [6, 6.07) is 5.06. The molecule has 0 aliphatic carbocycles. The second-order valence-electron chi connectivity index (χ2n) is 4.34. The van der Waals surface area contributed by atoms with Crippen LogP contribution in [0.15, 0.2) is 28.9 Å². The Bertz CT molecular complexity index is 580. The molecule has 0 saturated heterocycles. The number of nitrogens with zero attached hydrogens (tertiary/aromatic N) is 2. The number of hydrogen-bond acceptors (Lipinski definition) is 3. The molecule has 108 valence electrons. The Kier molecular flexibility index (Phi) is 5.46. The van der Waals surface area contributed by atoms with E-state index >= 15 is 0 Å². The molecule has 1 unspecified atom stereocenters. The van der Waals surface area contributed by atoms with Gasteiger partial charge in [-0.1, -0.05) is 36.2 Å². The molecule has 0 saturated carbocycles. The van der Waals surface area contributed by atoms with Crippen LogP contribution in [0, 0.1) is 0 Å². The average Bonchev–Trinajstić information content (AvgIpc) is 2.76. The van der Waals surface area contributed by atoms with Crippen molar-refractivity contribution in [1.29, 1.82) is 0 Å². The Morgan fingerprint density at radius 2 is 2.05 bits per heavy atom. The monoisotopic (exact) mass is 376 g/mol. The van der Waals surface area contributed by atoms with Gasteiger partial charge in [0.2, 0.25) is 0 Å². The van der Waals surface area contributed by atoms with E-state index in [1.807, 2.05) is 4.68 Å². The maximum atomic E-state index is 6.28. The lowest BCUT2D eigenvalue weighted by Gasteiger charge is -2.21. The van der Waals surface area contributed by atoms with Gasteiger partial charge in [0.25, 0.3) is 0 Å². The topological polar surface area (TPSA) is 55.9 Å². The Hall–Kier alpha value is -0.590. The molecule has 0 radical (unpaired) electrons. The molecule has 1 aromatic carbocycles. The summed E-state index contributed by atoms with van der Waals surface area (Å²) in [5.74, 6) is 5.74. The fraction of sp³-hybridized carbons (Fsp3) is 0.308. The number of benzene rings is 1. The van der Waals surface area contributed by atoms with Crippen LogP contribution in [0.4, 0.5) is 0 Å². The quantitative estimate of drug-likeness (QED) is 0.613. The van der Waals surface area contributed by atoms with Crippen molar-refractivity contribution in [3.63, 3.8) is 0 Å². The minimum Gasteiger partial charge on any atom is -0.271 e. The van der Waals surface area contributed by atoms with Crippen molar-refractivity contribution in [3.8, 4) is 0 Å². The minimum absolute atomic E-state index is 0.334. The maximum Gasteiger partial charge on any atom is 0.0918 e. The van der Waals surface area contributed by atoms with Crippen molar-refractivity contribution in [3.05, 3.63) is 50.2 Å². The Balaban J connectivity index is 2.55. The Morgan fingerprint density at radius 3 is 2.60 bits per heavy atom. The third-order valence-electron chi connectivity index (χ3n) is 3.00. The van der Waals surface area contributed by atoms with Gasteiger partial charge in [0.15, 0.2) is 0 Å². The lowest BCUT2D eigenvalue weighted by Crippen LogP contribution is -2.31. The standard InChI is InChI=1S/C13H15BrCl2N4/c1-2-6-20-13(8(14)7-18-20)12(19-17)11-9(15)4-3-5-10(11)16/h3-5,7,12,19H,2,6,17H2,1H3. The molecule has 1 atom stereocenters. The van der Waals surface area contributed by atoms with Crippen LogP contribution in [0.2, 0.25) is 10.0 Å². The third kappa shape index (κ3) is 3.02. The first-order valence-electron chi connectivity index (χ1n) is 6.21. The van der Waals surface area contributed by atoms with Gasteiger partial charge in [-0.05, 0) is 34.5 Å². The molecule has 4 nitrogen and oxygen atoms in total. The molecule has 1 heterocycles. The van der Waals surface area contributed by atoms with E-state index in [2.05, 4.69) is 33.4 Å². The fourth-order valence-electron chi connectivity index (χ4n) is 2.13. The Labute approximate surface area is 136 Å². The molecule has 0 aliphatic heterocycles. The van der Waals surface area contributed by atoms with Crippen LogP contribution < -0.4 is 11.3 Å². The van der Waals surface area contributed by atoms with Crippen molar-refractivity contribution in [1.82, 2.24) is 15.2 Å². The molecule has 2 aromatic rings. The number of halogens is 3. The number of hydrazine groups is 1. The number of rotatable bonds is 5. The van der Waals surface area contributed by atoms with E-state index in [0.29, 0.717) is 10.0 Å². The van der Waals surface area contributed by atoms with Crippen LogP contribution >= 0.6 is 39.1 Å². The summed E-state index contributed by atoms with van der Waals surface area (Å²) in [4.78, 5) is 0. The highest BCUT2D eigenvalue weighted by Crippen LogP contribution is 2.36. The summed E-state index contributed by atoms with van der Waals surface area (Å²) in [7, 11) is 0. The maximum absolute atomic E-state index is 6.28. The smallest absolute Gasteiger partial charge is 0.0918 e. The molecule has 0 bridgehead atoms. The van der Waals surface area contributed by atoms with Crippen LogP contribution in [0.5, 0.6) is 0 Å². The summed E-state index contributed by atoms with van der Waals surface area (Å²) in [5, 5.41) is 5.48. The molecule has 0 spiro atoms. The van der Waals surface area contributed by atoms with Crippen molar-refractivity contribution in [2.24, 2.45) is 5.84 Å². The van der Waals surface area contributed by atoms with Crippen molar-refractivity contribution in [2.75, 3.05) is 0 Å². The van der Waals surface area contributed by atoms with Gasteiger partial charge >= 0.3 is 0 Å². The zero-order valence-corrected chi connectivity index (χ0v) is 14.0. The average molecular weight is 378 g/mol. The largest absolute Gasteiger partial charge is 0.271 e. The van der Waals surface area contributed by atoms with Gasteiger partial charge in [-0.25, -0.2) is 5.43 Å². The van der Waals surface area contributed by atoms with Crippen LogP contribution in [0.25, 0.3) is 0 Å². The highest BCUT2D eigenvalue weighted by molar-refractivity contribution is 9.10. The van der Waals surface area contributed by atoms with E-state index < -0.39 is 0 Å². The van der Waals surface area contributed by atoms with E-state index in [1.165, 1.54) is 0 Å². The number of nitrogens with one attached hydrogen (secondary N) is 1. The van der Waals surface area contributed by atoms with E-state index in [0.717, 1.165) is 28.7 Å². The molecule has 3 N–H and O–H groups in total. The van der Waals surface area contributed by atoms with Gasteiger partial charge in [-0.2, -0.15) is 5.10 Å². The second kappa shape index (κ2) is 6.91. The van der Waals surface area contributed by atoms with E-state index in [-0.39, 0.29) is 6.04 Å². The molecule has 20 heavy (non-hydrogen) atoms. The summed E-state index contributed by atoms with van der Waals surface area (Å²) in [5.41, 5.74) is 4.44. The normalized spacial score (nSPS) is 12.7. The highest BCUT2D eigenvalue weighted by atomic mass is 79.9. The van der Waals surface area contributed by atoms with E-state index in [4.69, 9.17) is 29.0 Å². The minimum atomic E-state index is -0.334. The molecule has 7 heteroatoms. The molecule has 2 rings (SSSR count). The molecule has 0 amide bonds. The van der Waals surface area contributed by atoms with Gasteiger partial charge in [-0.3, -0.25) is 10.5 Å². The summed E-state index contributed by atoms with van der Waals surface area (Å²) in [6.45, 7) is 2.88. The summed E-state index contributed by atoms with van der Waals surface area (Å²) >= 11 is 16.1. The van der Waals surface area contributed by atoms with Gasteiger partial charge in [-0.15, -0.1) is 0 Å². The summed E-state index contributed by atoms with van der Waals surface area (Å²) < 4.78 is 2.76. The van der Waals surface area contributed by atoms with E-state index in [1.54, 1.807) is 24.4 Å². The molecule has 1 aromatic heterocycles. The summed E-state index contributed by atoms with van der Waals surface area (Å²) in [6.07, 6.45) is 2.72. The molecule has 0 aliphatic rings. The first-order chi connectivity index (χ1) is 9.60. The van der Waals surface area contributed by atoms with Crippen LogP contribution in [0.3, 0.4) is 0 Å². The first kappa shape index (κ1) is 15.8. The molecule has 0 fully saturated rings. The predicted octanol–water partition coefficient (Wildman–Crippen LogP) is 3.92. The van der Waals surface area contributed by atoms with Crippen LogP contribution in [-0.2, 0) is 6.54 Å². The lowest BCUT2D eigenvalue weighted by atomic mass is 10.0. The van der Waals surface area contributed by atoms with E-state index in [9.17, 15) is 0 Å². The molecular weight excluding hydrogens is 363 g/mol. The third-order valence-corrected chi connectivity index (χ3v) is 4.27. The lowest BCUT2D eigenvalue weighted by molar-refractivity contribution is 0.520. The zero-order valence-electron chi connectivity index (χ0n) is 10.9. The molecular formula is C13H15BrCl2N4. The van der Waals surface area contributed by atoms with Gasteiger partial charge in [0.1, 0.15) is 0 Å². The number of nitrogens with two attached hydrogens (primary N) is 1. The first-order valence-corrected chi connectivity index (χ1v) is 7.76. The Morgan fingerprint density at radius 1 is 1.40 bits per heavy atom. The zero-order chi connectivity index (χ0) is 14.7.